The molecule has 2 aliphatic carbocycles. The Labute approximate surface area is 166 Å². The van der Waals surface area contributed by atoms with Gasteiger partial charge in [0.2, 0.25) is 0 Å². The quantitative estimate of drug-likeness (QED) is 0.329. The number of aliphatic carboxylic acids is 1. The predicted molar refractivity (Wildman–Crippen MR) is 106 cm³/mol. The van der Waals surface area contributed by atoms with Gasteiger partial charge < -0.3 is 15.3 Å². The van der Waals surface area contributed by atoms with Gasteiger partial charge in [0.25, 0.3) is 0 Å². The second-order valence-electron chi connectivity index (χ2n) is 7.58. The van der Waals surface area contributed by atoms with Crippen molar-refractivity contribution in [2.24, 2.45) is 17.8 Å². The minimum absolute atomic E-state index is 0.0807. The molecule has 0 aliphatic heterocycles. The third-order valence-corrected chi connectivity index (χ3v) is 7.13. The van der Waals surface area contributed by atoms with Crippen molar-refractivity contribution in [3.8, 4) is 11.8 Å². The summed E-state index contributed by atoms with van der Waals surface area (Å²) in [4.78, 5) is 10.5. The molecule has 2 fully saturated rings. The van der Waals surface area contributed by atoms with Crippen LogP contribution in [0, 0.1) is 29.6 Å². The number of unbranched alkanes of at least 4 members (excludes halogenated alkanes) is 1. The predicted octanol–water partition coefficient (Wildman–Crippen LogP) is 3.52. The molecule has 5 atom stereocenters. The van der Waals surface area contributed by atoms with Crippen LogP contribution in [0.3, 0.4) is 0 Å². The first-order chi connectivity index (χ1) is 12.5. The van der Waals surface area contributed by atoms with Gasteiger partial charge in [-0.2, -0.15) is 11.8 Å². The van der Waals surface area contributed by atoms with E-state index in [0.717, 1.165) is 37.9 Å². The maximum absolute atomic E-state index is 10.5. The summed E-state index contributed by atoms with van der Waals surface area (Å²) in [5.41, 5.74) is 0. The number of aliphatic hydroxyl groups excluding tert-OH is 2. The van der Waals surface area contributed by atoms with Gasteiger partial charge in [0.15, 0.2) is 0 Å². The highest BCUT2D eigenvalue weighted by Crippen LogP contribution is 2.39. The molecule has 0 aromatic heterocycles. The molecule has 2 aliphatic rings. The lowest BCUT2D eigenvalue weighted by Crippen LogP contribution is -2.23. The lowest BCUT2D eigenvalue weighted by atomic mass is 9.84. The van der Waals surface area contributed by atoms with Gasteiger partial charge in [0.1, 0.15) is 6.10 Å². The van der Waals surface area contributed by atoms with Gasteiger partial charge in [-0.05, 0) is 49.7 Å². The van der Waals surface area contributed by atoms with E-state index in [1.54, 1.807) is 0 Å². The van der Waals surface area contributed by atoms with Crippen LogP contribution in [0.2, 0.25) is 0 Å². The fraction of sp³-hybridized carbons (Fsp3) is 0.850. The molecule has 0 aromatic carbocycles. The van der Waals surface area contributed by atoms with E-state index in [1.165, 1.54) is 31.0 Å². The zero-order valence-corrected chi connectivity index (χ0v) is 16.9. The molecule has 148 valence electrons. The van der Waals surface area contributed by atoms with Crippen LogP contribution < -0.4 is 0 Å². The molecule has 1 unspecified atom stereocenters. The zero-order valence-electron chi connectivity index (χ0n) is 15.3. The Morgan fingerprint density at radius 2 is 1.96 bits per heavy atom. The highest BCUT2D eigenvalue weighted by molar-refractivity contribution is 7.99. The molecule has 4 nitrogen and oxygen atoms in total. The van der Waals surface area contributed by atoms with Crippen LogP contribution in [0.15, 0.2) is 0 Å². The first kappa shape index (κ1) is 21.9. The van der Waals surface area contributed by atoms with Crippen molar-refractivity contribution in [3.05, 3.63) is 0 Å². The third kappa shape index (κ3) is 6.96. The Balaban J connectivity index is 1.81. The van der Waals surface area contributed by atoms with Crippen LogP contribution in [0.4, 0.5) is 0 Å². The van der Waals surface area contributed by atoms with Gasteiger partial charge in [0.05, 0.1) is 17.8 Å². The van der Waals surface area contributed by atoms with Crippen molar-refractivity contribution in [2.45, 2.75) is 75.4 Å². The lowest BCUT2D eigenvalue weighted by Gasteiger charge is -2.24. The second-order valence-corrected chi connectivity index (χ2v) is 9.25. The Hall–Kier alpha value is -0.410. The number of halogens is 1. The maximum atomic E-state index is 10.5. The van der Waals surface area contributed by atoms with Crippen molar-refractivity contribution >= 4 is 29.3 Å². The summed E-state index contributed by atoms with van der Waals surface area (Å²) >= 11 is 7.87. The van der Waals surface area contributed by atoms with E-state index in [0.29, 0.717) is 6.42 Å². The minimum Gasteiger partial charge on any atom is -0.481 e. The summed E-state index contributed by atoms with van der Waals surface area (Å²) in [6, 6.07) is 0. The Morgan fingerprint density at radius 1 is 1.23 bits per heavy atom. The molecule has 26 heavy (non-hydrogen) atoms. The largest absolute Gasteiger partial charge is 0.481 e. The Morgan fingerprint density at radius 3 is 2.65 bits per heavy atom. The number of hydrogen-bond donors (Lipinski definition) is 3. The maximum Gasteiger partial charge on any atom is 0.313 e. The summed E-state index contributed by atoms with van der Waals surface area (Å²) in [6.45, 7) is 0. The van der Waals surface area contributed by atoms with Gasteiger partial charge in [0, 0.05) is 5.38 Å². The first-order valence-electron chi connectivity index (χ1n) is 9.80. The highest BCUT2D eigenvalue weighted by Gasteiger charge is 2.40. The van der Waals surface area contributed by atoms with E-state index in [4.69, 9.17) is 16.7 Å². The molecular weight excluding hydrogens is 372 g/mol. The number of carboxylic acids is 1. The van der Waals surface area contributed by atoms with E-state index in [2.05, 4.69) is 11.8 Å². The molecule has 0 saturated heterocycles. The number of alkyl halides is 1. The van der Waals surface area contributed by atoms with E-state index in [9.17, 15) is 15.0 Å². The van der Waals surface area contributed by atoms with E-state index >= 15 is 0 Å². The standard InChI is InChI=1S/C20H31ClO4S/c21-17-12-19(23)16(9-10-18(22)14-6-2-1-3-7-14)15(17)8-4-5-11-26-13-20(24)25/h14-19,22-23H,1-8,11-13H2,(H,24,25)/t15-,16?,17-,18-,19-/m1/s1. The van der Waals surface area contributed by atoms with Crippen molar-refractivity contribution in [3.63, 3.8) is 0 Å². The molecular formula is C20H31ClO4S. The van der Waals surface area contributed by atoms with Crippen LogP contribution in [0.5, 0.6) is 0 Å². The van der Waals surface area contributed by atoms with Gasteiger partial charge in [-0.25, -0.2) is 0 Å². The normalized spacial score (nSPS) is 30.6. The average Bonchev–Trinajstić information content (AvgIpc) is 2.89. The Kier molecular flexibility index (Phi) is 9.63. The van der Waals surface area contributed by atoms with Crippen LogP contribution in [0.1, 0.15) is 57.8 Å². The number of rotatable bonds is 8. The average molecular weight is 403 g/mol. The van der Waals surface area contributed by atoms with Crippen molar-refractivity contribution < 1.29 is 20.1 Å². The van der Waals surface area contributed by atoms with Gasteiger partial charge in [-0.15, -0.1) is 11.6 Å². The smallest absolute Gasteiger partial charge is 0.313 e. The highest BCUT2D eigenvalue weighted by atomic mass is 35.5. The number of thioether (sulfide) groups is 1. The van der Waals surface area contributed by atoms with E-state index in [1.807, 2.05) is 0 Å². The van der Waals surface area contributed by atoms with Crippen LogP contribution in [0.25, 0.3) is 0 Å². The number of carboxylic acid groups (broad SMARTS) is 1. The summed E-state index contributed by atoms with van der Waals surface area (Å²) in [5, 5.41) is 29.2. The van der Waals surface area contributed by atoms with Crippen molar-refractivity contribution in [1.82, 2.24) is 0 Å². The van der Waals surface area contributed by atoms with Crippen LogP contribution >= 0.6 is 23.4 Å². The van der Waals surface area contributed by atoms with Crippen molar-refractivity contribution in [2.75, 3.05) is 11.5 Å². The number of carbonyl (C=O) groups is 1. The SMILES string of the molecule is O=C(O)CSCCCC[C@@H]1C(C#C[C@@H](O)C2CCCCC2)[C@H](O)C[C@H]1Cl. The molecule has 0 radical (unpaired) electrons. The minimum atomic E-state index is -0.776. The molecule has 6 heteroatoms. The van der Waals surface area contributed by atoms with Gasteiger partial charge in [-0.3, -0.25) is 4.79 Å². The molecule has 0 bridgehead atoms. The molecule has 2 rings (SSSR count). The monoisotopic (exact) mass is 402 g/mol. The summed E-state index contributed by atoms with van der Waals surface area (Å²) in [5.74, 6) is 6.62. The van der Waals surface area contributed by atoms with Crippen LogP contribution in [-0.4, -0.2) is 50.4 Å². The molecule has 0 heterocycles. The second kappa shape index (κ2) is 11.4. The molecule has 0 spiro atoms. The summed E-state index contributed by atoms with van der Waals surface area (Å²) in [7, 11) is 0. The van der Waals surface area contributed by atoms with Gasteiger partial charge in [-0.1, -0.05) is 37.5 Å². The fourth-order valence-corrected chi connectivity index (χ4v) is 5.31. The number of hydrogen-bond acceptors (Lipinski definition) is 4. The number of aliphatic hydroxyl groups is 2. The molecule has 3 N–H and O–H groups in total. The molecule has 0 aromatic rings. The third-order valence-electron chi connectivity index (χ3n) is 5.60. The van der Waals surface area contributed by atoms with E-state index < -0.39 is 18.2 Å². The molecule has 2 saturated carbocycles. The summed E-state index contributed by atoms with van der Waals surface area (Å²) < 4.78 is 0. The fourth-order valence-electron chi connectivity index (χ4n) is 4.12. The zero-order chi connectivity index (χ0) is 18.9. The van der Waals surface area contributed by atoms with Crippen LogP contribution in [-0.2, 0) is 4.79 Å². The Bertz CT molecular complexity index is 498. The lowest BCUT2D eigenvalue weighted by molar-refractivity contribution is -0.133. The first-order valence-corrected chi connectivity index (χ1v) is 11.4. The van der Waals surface area contributed by atoms with E-state index in [-0.39, 0.29) is 28.9 Å². The van der Waals surface area contributed by atoms with Gasteiger partial charge >= 0.3 is 5.97 Å². The van der Waals surface area contributed by atoms with Crippen molar-refractivity contribution in [1.29, 1.82) is 0 Å². The molecule has 0 amide bonds. The summed E-state index contributed by atoms with van der Waals surface area (Å²) in [6.07, 6.45) is 7.89. The topological polar surface area (TPSA) is 77.8 Å².